The Balaban J connectivity index is 1.83. The predicted octanol–water partition coefficient (Wildman–Crippen LogP) is 3.84. The molecule has 132 valence electrons. The van der Waals surface area contributed by atoms with Gasteiger partial charge in [0.25, 0.3) is 0 Å². The van der Waals surface area contributed by atoms with Crippen LogP contribution in [0.25, 0.3) is 11.6 Å². The van der Waals surface area contributed by atoms with Crippen molar-refractivity contribution in [2.75, 3.05) is 5.32 Å². The summed E-state index contributed by atoms with van der Waals surface area (Å²) in [6.45, 7) is 0. The number of hydrogen-bond donors (Lipinski definition) is 3. The first-order valence-electron chi connectivity index (χ1n) is 8.65. The minimum Gasteiger partial charge on any atom is -0.481 e. The van der Waals surface area contributed by atoms with Gasteiger partial charge in [0.2, 0.25) is 0 Å². The highest BCUT2D eigenvalue weighted by molar-refractivity contribution is 7.81. The van der Waals surface area contributed by atoms with Gasteiger partial charge in [-0.05, 0) is 37.0 Å². The van der Waals surface area contributed by atoms with E-state index in [1.54, 1.807) is 0 Å². The van der Waals surface area contributed by atoms with Crippen LogP contribution in [0.2, 0.25) is 0 Å². The number of thiocarbonyl (C=S) groups is 1. The zero-order valence-corrected chi connectivity index (χ0v) is 14.9. The van der Waals surface area contributed by atoms with Crippen LogP contribution < -0.4 is 5.32 Å². The van der Waals surface area contributed by atoms with Gasteiger partial charge in [0, 0.05) is 46.6 Å². The van der Waals surface area contributed by atoms with Gasteiger partial charge in [-0.2, -0.15) is 0 Å². The standard InChI is InChI=1S/C20H18N2O3S/c23-17-7-3-6-15-19(17)12(8-9-18(24)25)16(21-15)10-13-11-4-1-2-5-14(11)22-20(13)26/h1-2,4-5,10,21H,3,6-9H2,(H,22,26)(H,24,25). The Morgan fingerprint density at radius 2 is 2.08 bits per heavy atom. The number of aryl methyl sites for hydroxylation is 1. The van der Waals surface area contributed by atoms with Crippen LogP contribution in [-0.4, -0.2) is 26.8 Å². The lowest BCUT2D eigenvalue weighted by Crippen LogP contribution is -2.11. The number of fused-ring (bicyclic) bond motifs is 2. The van der Waals surface area contributed by atoms with Gasteiger partial charge in [0.1, 0.15) is 4.99 Å². The Labute approximate surface area is 156 Å². The Kier molecular flexibility index (Phi) is 4.20. The average Bonchev–Trinajstić information content (AvgIpc) is 3.12. The van der Waals surface area contributed by atoms with Gasteiger partial charge >= 0.3 is 5.97 Å². The first kappa shape index (κ1) is 16.7. The second-order valence-electron chi connectivity index (χ2n) is 6.60. The summed E-state index contributed by atoms with van der Waals surface area (Å²) in [5.74, 6) is -0.773. The number of carboxylic acids is 1. The lowest BCUT2D eigenvalue weighted by molar-refractivity contribution is -0.136. The highest BCUT2D eigenvalue weighted by Crippen LogP contribution is 2.36. The molecule has 0 bridgehead atoms. The third kappa shape index (κ3) is 2.86. The summed E-state index contributed by atoms with van der Waals surface area (Å²) in [6.07, 6.45) is 4.42. The summed E-state index contributed by atoms with van der Waals surface area (Å²) in [5, 5.41) is 12.3. The number of Topliss-reactive ketones (excluding diaryl/α,β-unsaturated/α-hetero) is 1. The highest BCUT2D eigenvalue weighted by atomic mass is 32.1. The summed E-state index contributed by atoms with van der Waals surface area (Å²) in [5.41, 5.74) is 6.06. The van der Waals surface area contributed by atoms with E-state index in [2.05, 4.69) is 10.3 Å². The number of para-hydroxylation sites is 1. The van der Waals surface area contributed by atoms with Crippen molar-refractivity contribution >= 4 is 46.3 Å². The number of aromatic amines is 1. The van der Waals surface area contributed by atoms with E-state index in [0.29, 0.717) is 23.4 Å². The number of carbonyl (C=O) groups is 2. The molecule has 1 aromatic heterocycles. The molecule has 5 nitrogen and oxygen atoms in total. The largest absolute Gasteiger partial charge is 0.481 e. The molecule has 0 radical (unpaired) electrons. The van der Waals surface area contributed by atoms with E-state index in [0.717, 1.165) is 46.6 Å². The first-order chi connectivity index (χ1) is 12.5. The Bertz CT molecular complexity index is 971. The molecule has 2 aliphatic rings. The number of rotatable bonds is 4. The van der Waals surface area contributed by atoms with Crippen LogP contribution >= 0.6 is 12.2 Å². The molecule has 2 heterocycles. The third-order valence-electron chi connectivity index (χ3n) is 4.91. The SMILES string of the molecule is O=C(O)CCc1c(C=C2C(=S)Nc3ccccc32)[nH]c2c1C(=O)CCC2. The van der Waals surface area contributed by atoms with E-state index in [1.807, 2.05) is 30.3 Å². The van der Waals surface area contributed by atoms with Crippen LogP contribution in [0, 0.1) is 0 Å². The molecule has 1 aromatic carbocycles. The first-order valence-corrected chi connectivity index (χ1v) is 9.06. The topological polar surface area (TPSA) is 82.2 Å². The van der Waals surface area contributed by atoms with Gasteiger partial charge < -0.3 is 15.4 Å². The normalized spacial score (nSPS) is 17.2. The van der Waals surface area contributed by atoms with Crippen molar-refractivity contribution < 1.29 is 14.7 Å². The number of benzene rings is 1. The van der Waals surface area contributed by atoms with E-state index in [-0.39, 0.29) is 12.2 Å². The third-order valence-corrected chi connectivity index (χ3v) is 5.23. The van der Waals surface area contributed by atoms with Gasteiger partial charge in [0.05, 0.1) is 0 Å². The summed E-state index contributed by atoms with van der Waals surface area (Å²) in [4.78, 5) is 27.5. The summed E-state index contributed by atoms with van der Waals surface area (Å²) < 4.78 is 0. The summed E-state index contributed by atoms with van der Waals surface area (Å²) >= 11 is 5.47. The van der Waals surface area contributed by atoms with Crippen molar-refractivity contribution in [2.45, 2.75) is 32.1 Å². The number of H-pyrrole nitrogens is 1. The molecule has 0 amide bonds. The van der Waals surface area contributed by atoms with E-state index in [9.17, 15) is 9.59 Å². The zero-order valence-electron chi connectivity index (χ0n) is 14.1. The lowest BCUT2D eigenvalue weighted by atomic mass is 9.91. The van der Waals surface area contributed by atoms with E-state index >= 15 is 0 Å². The number of carboxylic acid groups (broad SMARTS) is 1. The molecule has 3 N–H and O–H groups in total. The summed E-state index contributed by atoms with van der Waals surface area (Å²) in [7, 11) is 0. The fourth-order valence-corrected chi connectivity index (χ4v) is 4.01. The Morgan fingerprint density at radius 3 is 2.88 bits per heavy atom. The number of ketones is 1. The van der Waals surface area contributed by atoms with E-state index in [1.165, 1.54) is 0 Å². The molecule has 2 aromatic rings. The average molecular weight is 366 g/mol. The molecule has 4 rings (SSSR count). The van der Waals surface area contributed by atoms with Gasteiger partial charge in [-0.15, -0.1) is 0 Å². The maximum absolute atomic E-state index is 12.4. The van der Waals surface area contributed by atoms with Crippen molar-refractivity contribution in [3.05, 3.63) is 52.3 Å². The number of anilines is 1. The molecular formula is C20H18N2O3S. The molecule has 1 aliphatic heterocycles. The molecule has 0 fully saturated rings. The second-order valence-corrected chi connectivity index (χ2v) is 7.01. The van der Waals surface area contributed by atoms with Crippen LogP contribution in [-0.2, 0) is 17.6 Å². The fourth-order valence-electron chi connectivity index (χ4n) is 3.73. The number of hydrogen-bond acceptors (Lipinski definition) is 3. The minimum absolute atomic E-state index is 0.00691. The molecule has 0 unspecified atom stereocenters. The molecule has 0 atom stereocenters. The molecule has 6 heteroatoms. The highest BCUT2D eigenvalue weighted by Gasteiger charge is 2.27. The van der Waals surface area contributed by atoms with Crippen molar-refractivity contribution in [1.29, 1.82) is 0 Å². The Hall–Kier alpha value is -2.73. The summed E-state index contributed by atoms with van der Waals surface area (Å²) in [6, 6.07) is 7.87. The molecule has 0 saturated heterocycles. The van der Waals surface area contributed by atoms with Crippen molar-refractivity contribution in [1.82, 2.24) is 4.98 Å². The van der Waals surface area contributed by atoms with Crippen LogP contribution in [0.4, 0.5) is 5.69 Å². The van der Waals surface area contributed by atoms with Crippen LogP contribution in [0.1, 0.15) is 52.1 Å². The predicted molar refractivity (Wildman–Crippen MR) is 105 cm³/mol. The second kappa shape index (κ2) is 6.53. The van der Waals surface area contributed by atoms with E-state index < -0.39 is 5.97 Å². The smallest absolute Gasteiger partial charge is 0.303 e. The Morgan fingerprint density at radius 1 is 1.27 bits per heavy atom. The molecule has 0 spiro atoms. The number of aromatic nitrogens is 1. The monoisotopic (exact) mass is 366 g/mol. The van der Waals surface area contributed by atoms with Crippen molar-refractivity contribution in [3.8, 4) is 0 Å². The molecular weight excluding hydrogens is 348 g/mol. The van der Waals surface area contributed by atoms with Gasteiger partial charge in [-0.25, -0.2) is 0 Å². The van der Waals surface area contributed by atoms with Crippen LogP contribution in [0.5, 0.6) is 0 Å². The van der Waals surface area contributed by atoms with Crippen LogP contribution in [0.15, 0.2) is 24.3 Å². The van der Waals surface area contributed by atoms with Crippen LogP contribution in [0.3, 0.4) is 0 Å². The fraction of sp³-hybridized carbons (Fsp3) is 0.250. The lowest BCUT2D eigenvalue weighted by Gasteiger charge is -2.11. The number of aliphatic carboxylic acids is 1. The maximum atomic E-state index is 12.4. The zero-order chi connectivity index (χ0) is 18.3. The molecule has 26 heavy (non-hydrogen) atoms. The van der Waals surface area contributed by atoms with Crippen molar-refractivity contribution in [3.63, 3.8) is 0 Å². The minimum atomic E-state index is -0.870. The number of carbonyl (C=O) groups excluding carboxylic acids is 1. The maximum Gasteiger partial charge on any atom is 0.303 e. The van der Waals surface area contributed by atoms with Gasteiger partial charge in [-0.3, -0.25) is 9.59 Å². The number of nitrogens with one attached hydrogen (secondary N) is 2. The molecule has 1 aliphatic carbocycles. The quantitative estimate of drug-likeness (QED) is 0.566. The van der Waals surface area contributed by atoms with E-state index in [4.69, 9.17) is 17.3 Å². The molecule has 0 saturated carbocycles. The van der Waals surface area contributed by atoms with Gasteiger partial charge in [0.15, 0.2) is 5.78 Å². The van der Waals surface area contributed by atoms with Gasteiger partial charge in [-0.1, -0.05) is 30.4 Å². The van der Waals surface area contributed by atoms with Crippen molar-refractivity contribution in [2.24, 2.45) is 0 Å².